The van der Waals surface area contributed by atoms with Crippen molar-refractivity contribution < 1.29 is 4.74 Å². The third-order valence-electron chi connectivity index (χ3n) is 3.06. The van der Waals surface area contributed by atoms with E-state index in [0.717, 1.165) is 18.5 Å². The third kappa shape index (κ3) is 3.90. The van der Waals surface area contributed by atoms with Gasteiger partial charge < -0.3 is 4.74 Å². The van der Waals surface area contributed by atoms with E-state index in [0.29, 0.717) is 11.3 Å². The summed E-state index contributed by atoms with van der Waals surface area (Å²) in [4.78, 5) is 0. The van der Waals surface area contributed by atoms with Crippen LogP contribution in [-0.2, 0) is 4.74 Å². The molecule has 2 heteroatoms. The summed E-state index contributed by atoms with van der Waals surface area (Å²) in [5.74, 6) is 0.658. The van der Waals surface area contributed by atoms with Crippen molar-refractivity contribution in [2.24, 2.45) is 11.3 Å². The van der Waals surface area contributed by atoms with Crippen molar-refractivity contribution in [3.05, 3.63) is 0 Å². The Morgan fingerprint density at radius 1 is 1.21 bits per heavy atom. The first kappa shape index (κ1) is 12.5. The fourth-order valence-corrected chi connectivity index (χ4v) is 2.85. The minimum Gasteiger partial charge on any atom is -0.381 e. The molecule has 0 aromatic carbocycles. The molecule has 0 aromatic rings. The summed E-state index contributed by atoms with van der Waals surface area (Å²) in [6, 6.07) is 0. The highest BCUT2D eigenvalue weighted by molar-refractivity contribution is 9.09. The van der Waals surface area contributed by atoms with Gasteiger partial charge in [-0.3, -0.25) is 0 Å². The van der Waals surface area contributed by atoms with E-state index < -0.39 is 0 Å². The first-order chi connectivity index (χ1) is 6.68. The largest absolute Gasteiger partial charge is 0.381 e. The van der Waals surface area contributed by atoms with Gasteiger partial charge in [0.05, 0.1) is 6.61 Å². The van der Waals surface area contributed by atoms with Crippen molar-refractivity contribution in [3.63, 3.8) is 0 Å². The summed E-state index contributed by atoms with van der Waals surface area (Å²) in [5.41, 5.74) is 0.452. The van der Waals surface area contributed by atoms with Crippen molar-refractivity contribution in [1.29, 1.82) is 0 Å². The van der Waals surface area contributed by atoms with Gasteiger partial charge in [0.15, 0.2) is 0 Å². The third-order valence-corrected chi connectivity index (χ3v) is 4.25. The van der Waals surface area contributed by atoms with Gasteiger partial charge in [0.2, 0.25) is 0 Å². The number of rotatable bonds is 5. The first-order valence-corrected chi connectivity index (χ1v) is 6.94. The van der Waals surface area contributed by atoms with Crippen LogP contribution in [0.25, 0.3) is 0 Å². The van der Waals surface area contributed by atoms with Gasteiger partial charge >= 0.3 is 0 Å². The molecule has 0 aromatic heterocycles. The minimum atomic E-state index is 0.452. The molecular weight excluding hydrogens is 240 g/mol. The Hall–Kier alpha value is 0.440. The Bertz CT molecular complexity index is 150. The second-order valence-electron chi connectivity index (χ2n) is 5.10. The maximum absolute atomic E-state index is 5.80. The summed E-state index contributed by atoms with van der Waals surface area (Å²) in [6.07, 6.45) is 6.87. The van der Waals surface area contributed by atoms with Crippen LogP contribution in [0.1, 0.15) is 46.0 Å². The van der Waals surface area contributed by atoms with Crippen molar-refractivity contribution in [1.82, 2.24) is 0 Å². The lowest BCUT2D eigenvalue weighted by atomic mass is 9.76. The molecule has 0 N–H and O–H groups in total. The second kappa shape index (κ2) is 6.12. The van der Waals surface area contributed by atoms with E-state index in [1.807, 2.05) is 0 Å². The summed E-state index contributed by atoms with van der Waals surface area (Å²) in [5, 5.41) is 1.11. The van der Waals surface area contributed by atoms with E-state index in [1.54, 1.807) is 0 Å². The molecule has 1 aliphatic carbocycles. The van der Waals surface area contributed by atoms with Crippen LogP contribution in [0, 0.1) is 11.3 Å². The molecule has 1 nitrogen and oxygen atoms in total. The molecule has 84 valence electrons. The van der Waals surface area contributed by atoms with Gasteiger partial charge in [-0.25, -0.2) is 0 Å². The molecule has 0 heterocycles. The predicted octanol–water partition coefficient (Wildman–Crippen LogP) is 4.00. The van der Waals surface area contributed by atoms with Crippen LogP contribution in [0.15, 0.2) is 0 Å². The quantitative estimate of drug-likeness (QED) is 0.681. The highest BCUT2D eigenvalue weighted by atomic mass is 79.9. The van der Waals surface area contributed by atoms with E-state index >= 15 is 0 Å². The molecule has 0 unspecified atom stereocenters. The molecule has 1 rings (SSSR count). The molecule has 0 saturated heterocycles. The van der Waals surface area contributed by atoms with Crippen molar-refractivity contribution in [2.75, 3.05) is 18.5 Å². The Kier molecular flexibility index (Phi) is 5.47. The molecule has 0 atom stereocenters. The molecule has 1 aliphatic rings. The van der Waals surface area contributed by atoms with Crippen LogP contribution in [0.5, 0.6) is 0 Å². The molecule has 0 spiro atoms. The molecule has 14 heavy (non-hydrogen) atoms. The number of hydrogen-bond acceptors (Lipinski definition) is 1. The first-order valence-electron chi connectivity index (χ1n) is 5.82. The molecule has 0 aliphatic heterocycles. The standard InChI is InChI=1S/C12H23BrO/c1-11(2)8-14-10-12(9-13)6-4-3-5-7-12/h11H,3-10H2,1-2H3. The van der Waals surface area contributed by atoms with Crippen LogP contribution in [0.2, 0.25) is 0 Å². The van der Waals surface area contributed by atoms with Gasteiger partial charge in [0, 0.05) is 17.4 Å². The normalized spacial score (nSPS) is 21.4. The average Bonchev–Trinajstić information content (AvgIpc) is 2.19. The fourth-order valence-electron chi connectivity index (χ4n) is 2.13. The minimum absolute atomic E-state index is 0.452. The van der Waals surface area contributed by atoms with E-state index in [-0.39, 0.29) is 0 Å². The van der Waals surface area contributed by atoms with Gasteiger partial charge in [-0.1, -0.05) is 49.0 Å². The Morgan fingerprint density at radius 2 is 1.86 bits per heavy atom. The maximum Gasteiger partial charge on any atom is 0.0530 e. The van der Waals surface area contributed by atoms with Crippen LogP contribution in [0.4, 0.5) is 0 Å². The smallest absolute Gasteiger partial charge is 0.0530 e. The maximum atomic E-state index is 5.80. The van der Waals surface area contributed by atoms with E-state index in [4.69, 9.17) is 4.74 Å². The Morgan fingerprint density at radius 3 is 2.36 bits per heavy atom. The number of ether oxygens (including phenoxy) is 1. The average molecular weight is 263 g/mol. The van der Waals surface area contributed by atoms with Crippen LogP contribution in [-0.4, -0.2) is 18.5 Å². The zero-order valence-corrected chi connectivity index (χ0v) is 11.1. The fraction of sp³-hybridized carbons (Fsp3) is 1.00. The summed E-state index contributed by atoms with van der Waals surface area (Å²) < 4.78 is 5.80. The molecule has 0 amide bonds. The lowest BCUT2D eigenvalue weighted by Crippen LogP contribution is -2.31. The zero-order valence-electron chi connectivity index (χ0n) is 9.52. The predicted molar refractivity (Wildman–Crippen MR) is 65.0 cm³/mol. The topological polar surface area (TPSA) is 9.23 Å². The summed E-state index contributed by atoms with van der Waals surface area (Å²) >= 11 is 3.66. The van der Waals surface area contributed by atoms with Gasteiger partial charge in [-0.2, -0.15) is 0 Å². The lowest BCUT2D eigenvalue weighted by molar-refractivity contribution is 0.0227. The van der Waals surface area contributed by atoms with E-state index in [2.05, 4.69) is 29.8 Å². The van der Waals surface area contributed by atoms with Crippen LogP contribution < -0.4 is 0 Å². The Labute approximate surface area is 96.7 Å². The van der Waals surface area contributed by atoms with Crippen LogP contribution >= 0.6 is 15.9 Å². The van der Waals surface area contributed by atoms with Gasteiger partial charge in [0.25, 0.3) is 0 Å². The lowest BCUT2D eigenvalue weighted by Gasteiger charge is -2.35. The van der Waals surface area contributed by atoms with E-state index in [1.165, 1.54) is 32.1 Å². The van der Waals surface area contributed by atoms with E-state index in [9.17, 15) is 0 Å². The van der Waals surface area contributed by atoms with Gasteiger partial charge in [-0.15, -0.1) is 0 Å². The number of alkyl halides is 1. The number of hydrogen-bond donors (Lipinski definition) is 0. The SMILES string of the molecule is CC(C)COCC1(CBr)CCCCC1. The molecule has 1 fully saturated rings. The molecule has 1 saturated carbocycles. The Balaban J connectivity index is 2.29. The summed E-state index contributed by atoms with van der Waals surface area (Å²) in [7, 11) is 0. The van der Waals surface area contributed by atoms with Gasteiger partial charge in [0.1, 0.15) is 0 Å². The van der Waals surface area contributed by atoms with Crippen LogP contribution in [0.3, 0.4) is 0 Å². The monoisotopic (exact) mass is 262 g/mol. The van der Waals surface area contributed by atoms with Crippen molar-refractivity contribution in [2.45, 2.75) is 46.0 Å². The summed E-state index contributed by atoms with van der Waals surface area (Å²) in [6.45, 7) is 6.29. The molecule has 0 bridgehead atoms. The van der Waals surface area contributed by atoms with Crippen molar-refractivity contribution in [3.8, 4) is 0 Å². The second-order valence-corrected chi connectivity index (χ2v) is 5.66. The highest BCUT2D eigenvalue weighted by Gasteiger charge is 2.31. The zero-order chi connectivity index (χ0) is 10.4. The van der Waals surface area contributed by atoms with Crippen molar-refractivity contribution >= 4 is 15.9 Å². The number of halogens is 1. The van der Waals surface area contributed by atoms with Gasteiger partial charge in [-0.05, 0) is 18.8 Å². The molecular formula is C12H23BrO. The molecule has 0 radical (unpaired) electrons. The highest BCUT2D eigenvalue weighted by Crippen LogP contribution is 2.38.